The Hall–Kier alpha value is -1.86. The van der Waals surface area contributed by atoms with E-state index in [1.807, 2.05) is 0 Å². The number of carbonyl (C=O) groups excluding carboxylic acids is 2. The lowest BCUT2D eigenvalue weighted by Gasteiger charge is -2.30. The van der Waals surface area contributed by atoms with Crippen LogP contribution in [-0.2, 0) is 9.53 Å². The van der Waals surface area contributed by atoms with Crippen molar-refractivity contribution in [1.82, 2.24) is 10.2 Å². The lowest BCUT2D eigenvalue weighted by atomic mass is 10.1. The van der Waals surface area contributed by atoms with Gasteiger partial charge in [0.25, 0.3) is 0 Å². The summed E-state index contributed by atoms with van der Waals surface area (Å²) in [4.78, 5) is 26.8. The molecule has 27 heavy (non-hydrogen) atoms. The molecule has 0 bridgehead atoms. The van der Waals surface area contributed by atoms with Crippen LogP contribution in [0.25, 0.3) is 0 Å². The van der Waals surface area contributed by atoms with Crippen molar-refractivity contribution in [3.8, 4) is 0 Å². The number of ether oxygens (including phenoxy) is 1. The van der Waals surface area contributed by atoms with Gasteiger partial charge in [0, 0.05) is 11.6 Å². The average Bonchev–Trinajstić information content (AvgIpc) is 3.23. The number of carbonyl (C=O) groups is 2. The largest absolute Gasteiger partial charge is 0.444 e. The predicted octanol–water partition coefficient (Wildman–Crippen LogP) is 3.03. The van der Waals surface area contributed by atoms with Gasteiger partial charge >= 0.3 is 6.09 Å². The molecule has 2 fully saturated rings. The van der Waals surface area contributed by atoms with Gasteiger partial charge in [0.15, 0.2) is 0 Å². The summed E-state index contributed by atoms with van der Waals surface area (Å²) in [7, 11) is 0. The first-order valence-electron chi connectivity index (χ1n) is 8.99. The molecule has 2 amide bonds. The minimum Gasteiger partial charge on any atom is -0.444 e. The molecule has 3 rings (SSSR count). The minimum absolute atomic E-state index is 0.00563. The van der Waals surface area contributed by atoms with Crippen molar-refractivity contribution in [3.05, 3.63) is 34.6 Å². The molecule has 1 saturated heterocycles. The highest BCUT2D eigenvalue weighted by molar-refractivity contribution is 6.30. The molecular formula is C19H24ClFN2O4. The topological polar surface area (TPSA) is 78.9 Å². The fourth-order valence-electron chi connectivity index (χ4n) is 3.55. The van der Waals surface area contributed by atoms with Crippen LogP contribution >= 0.6 is 11.6 Å². The monoisotopic (exact) mass is 398 g/mol. The summed E-state index contributed by atoms with van der Waals surface area (Å²) >= 11 is 5.79. The highest BCUT2D eigenvalue weighted by Gasteiger charge is 2.57. The van der Waals surface area contributed by atoms with Gasteiger partial charge in [0.1, 0.15) is 17.5 Å². The van der Waals surface area contributed by atoms with Crippen LogP contribution in [0.1, 0.15) is 45.2 Å². The van der Waals surface area contributed by atoms with Crippen LogP contribution in [0.15, 0.2) is 18.2 Å². The van der Waals surface area contributed by atoms with Gasteiger partial charge in [0.05, 0.1) is 17.7 Å². The molecular weight excluding hydrogens is 375 g/mol. The first kappa shape index (κ1) is 19.9. The van der Waals surface area contributed by atoms with Crippen LogP contribution < -0.4 is 5.32 Å². The maximum Gasteiger partial charge on any atom is 0.411 e. The maximum absolute atomic E-state index is 14.2. The Bertz CT molecular complexity index is 752. The molecule has 0 radical (unpaired) electrons. The molecule has 1 aromatic rings. The van der Waals surface area contributed by atoms with Gasteiger partial charge in [-0.05, 0) is 45.6 Å². The Morgan fingerprint density at radius 1 is 1.41 bits per heavy atom. The SMILES string of the molecule is CC(C)(C)OC(=O)N1[C@@H]2C[C@@H]2C[C@H]1C(=O)N[C@H](CO)c1cccc(Cl)c1F. The number of fused-ring (bicyclic) bond motifs is 1. The van der Waals surface area contributed by atoms with Crippen LogP contribution in [0.4, 0.5) is 9.18 Å². The summed E-state index contributed by atoms with van der Waals surface area (Å²) in [6.07, 6.45) is 0.864. The van der Waals surface area contributed by atoms with Gasteiger partial charge in [-0.15, -0.1) is 0 Å². The van der Waals surface area contributed by atoms with Gasteiger partial charge in [-0.3, -0.25) is 9.69 Å². The average molecular weight is 399 g/mol. The Kier molecular flexibility index (Phi) is 5.36. The fourth-order valence-corrected chi connectivity index (χ4v) is 3.73. The van der Waals surface area contributed by atoms with E-state index in [0.717, 1.165) is 6.42 Å². The molecule has 1 aromatic carbocycles. The second-order valence-electron chi connectivity index (χ2n) is 8.09. The van der Waals surface area contributed by atoms with Crippen molar-refractivity contribution in [2.24, 2.45) is 5.92 Å². The number of rotatable bonds is 4. The maximum atomic E-state index is 14.2. The molecule has 1 saturated carbocycles. The Morgan fingerprint density at radius 3 is 2.74 bits per heavy atom. The molecule has 0 aromatic heterocycles. The molecule has 8 heteroatoms. The molecule has 1 aliphatic heterocycles. The Balaban J connectivity index is 1.74. The normalized spacial score (nSPS) is 25.0. The summed E-state index contributed by atoms with van der Waals surface area (Å²) in [5.41, 5.74) is -0.562. The van der Waals surface area contributed by atoms with Crippen molar-refractivity contribution >= 4 is 23.6 Å². The third-order valence-electron chi connectivity index (χ3n) is 4.87. The zero-order valence-electron chi connectivity index (χ0n) is 15.5. The van der Waals surface area contributed by atoms with Crippen molar-refractivity contribution in [2.45, 2.75) is 57.3 Å². The Morgan fingerprint density at radius 2 is 2.11 bits per heavy atom. The van der Waals surface area contributed by atoms with Crippen LogP contribution in [0.5, 0.6) is 0 Å². The van der Waals surface area contributed by atoms with E-state index < -0.39 is 42.1 Å². The summed E-state index contributed by atoms with van der Waals surface area (Å²) < 4.78 is 19.7. The first-order valence-corrected chi connectivity index (χ1v) is 9.36. The Labute approximate surface area is 162 Å². The van der Waals surface area contributed by atoms with E-state index in [1.165, 1.54) is 17.0 Å². The van der Waals surface area contributed by atoms with Crippen LogP contribution in [0, 0.1) is 11.7 Å². The number of benzene rings is 1. The predicted molar refractivity (Wildman–Crippen MR) is 97.8 cm³/mol. The number of aliphatic hydroxyl groups excluding tert-OH is 1. The van der Waals surface area contributed by atoms with E-state index in [1.54, 1.807) is 26.8 Å². The van der Waals surface area contributed by atoms with E-state index in [2.05, 4.69) is 5.32 Å². The molecule has 0 spiro atoms. The molecule has 148 valence electrons. The zero-order valence-corrected chi connectivity index (χ0v) is 16.3. The summed E-state index contributed by atoms with van der Waals surface area (Å²) in [5.74, 6) is -0.841. The van der Waals surface area contributed by atoms with E-state index in [-0.39, 0.29) is 22.5 Å². The summed E-state index contributed by atoms with van der Waals surface area (Å²) in [6, 6.07) is 2.76. The molecule has 6 nitrogen and oxygen atoms in total. The lowest BCUT2D eigenvalue weighted by Crippen LogP contribution is -2.50. The molecule has 2 aliphatic rings. The second kappa shape index (κ2) is 7.28. The fraction of sp³-hybridized carbons (Fsp3) is 0.579. The van der Waals surface area contributed by atoms with Gasteiger partial charge in [0.2, 0.25) is 5.91 Å². The van der Waals surface area contributed by atoms with Crippen LogP contribution in [0.2, 0.25) is 5.02 Å². The number of piperidine rings is 1. The van der Waals surface area contributed by atoms with Gasteiger partial charge in [-0.1, -0.05) is 23.7 Å². The molecule has 2 N–H and O–H groups in total. The number of likely N-dealkylation sites (tertiary alicyclic amines) is 1. The first-order chi connectivity index (χ1) is 12.6. The van der Waals surface area contributed by atoms with Gasteiger partial charge < -0.3 is 15.2 Å². The smallest absolute Gasteiger partial charge is 0.411 e. The number of amides is 2. The van der Waals surface area contributed by atoms with E-state index >= 15 is 0 Å². The summed E-state index contributed by atoms with van der Waals surface area (Å²) in [5, 5.41) is 12.2. The van der Waals surface area contributed by atoms with Crippen LogP contribution in [0.3, 0.4) is 0 Å². The van der Waals surface area contributed by atoms with Crippen molar-refractivity contribution in [1.29, 1.82) is 0 Å². The number of nitrogens with one attached hydrogen (secondary N) is 1. The number of hydrogen-bond donors (Lipinski definition) is 2. The van der Waals surface area contributed by atoms with Crippen LogP contribution in [-0.4, -0.2) is 46.3 Å². The zero-order chi connectivity index (χ0) is 19.9. The molecule has 1 aliphatic carbocycles. The molecule has 0 unspecified atom stereocenters. The van der Waals surface area contributed by atoms with E-state index in [4.69, 9.17) is 16.3 Å². The van der Waals surface area contributed by atoms with Gasteiger partial charge in [-0.25, -0.2) is 9.18 Å². The molecule has 1 heterocycles. The van der Waals surface area contributed by atoms with Crippen molar-refractivity contribution in [2.75, 3.05) is 6.61 Å². The second-order valence-corrected chi connectivity index (χ2v) is 8.50. The lowest BCUT2D eigenvalue weighted by molar-refractivity contribution is -0.127. The number of hydrogen-bond acceptors (Lipinski definition) is 4. The van der Waals surface area contributed by atoms with Gasteiger partial charge in [-0.2, -0.15) is 0 Å². The quantitative estimate of drug-likeness (QED) is 0.817. The van der Waals surface area contributed by atoms with E-state index in [9.17, 15) is 19.1 Å². The number of halogens is 2. The number of nitrogens with zero attached hydrogens (tertiary/aromatic N) is 1. The van der Waals surface area contributed by atoms with E-state index in [0.29, 0.717) is 6.42 Å². The number of aliphatic hydroxyl groups is 1. The summed E-state index contributed by atoms with van der Waals surface area (Å²) in [6.45, 7) is 4.81. The third kappa shape index (κ3) is 4.19. The molecule has 4 atom stereocenters. The highest BCUT2D eigenvalue weighted by Crippen LogP contribution is 2.48. The standard InChI is InChI=1S/C19H24ClFN2O4/c1-19(2,3)27-18(26)23-14-7-10(14)8-15(23)17(25)22-13(9-24)11-5-4-6-12(20)16(11)21/h4-6,10,13-15,24H,7-9H2,1-3H3,(H,22,25)/t10-,13-,14-,15+/m1/s1. The van der Waals surface area contributed by atoms with Crippen molar-refractivity contribution in [3.63, 3.8) is 0 Å². The highest BCUT2D eigenvalue weighted by atomic mass is 35.5. The van der Waals surface area contributed by atoms with Crippen molar-refractivity contribution < 1.29 is 23.8 Å². The minimum atomic E-state index is -0.950. The third-order valence-corrected chi connectivity index (χ3v) is 5.16.